The zero-order chi connectivity index (χ0) is 29.3. The Morgan fingerprint density at radius 3 is 1.36 bits per heavy atom. The summed E-state index contributed by atoms with van der Waals surface area (Å²) < 4.78 is 2.38. The van der Waals surface area contributed by atoms with Gasteiger partial charge < -0.3 is 4.57 Å². The molecule has 44 heavy (non-hydrogen) atoms. The third-order valence-electron chi connectivity index (χ3n) is 8.66. The molecule has 0 amide bonds. The Hall–Kier alpha value is -5.66. The molecule has 8 aromatic rings. The number of rotatable bonds is 6. The Bertz CT molecular complexity index is 2190. The summed E-state index contributed by atoms with van der Waals surface area (Å²) in [6, 6.07) is 63.6. The summed E-state index contributed by atoms with van der Waals surface area (Å²) in [5.74, 6) is 0. The van der Waals surface area contributed by atoms with Crippen LogP contribution >= 0.6 is 0 Å². The van der Waals surface area contributed by atoms with Crippen LogP contribution in [0.3, 0.4) is 0 Å². The highest BCUT2D eigenvalue weighted by atomic mass is 15.0. The van der Waals surface area contributed by atoms with E-state index >= 15 is 0 Å². The fourth-order valence-corrected chi connectivity index (χ4v) is 6.36. The van der Waals surface area contributed by atoms with Gasteiger partial charge in [-0.15, -0.1) is 0 Å². The maximum absolute atomic E-state index is 2.38. The van der Waals surface area contributed by atoms with Crippen LogP contribution in [0, 0.1) is 0 Å². The lowest BCUT2D eigenvalue weighted by Crippen LogP contribution is -1.93. The summed E-state index contributed by atoms with van der Waals surface area (Å²) in [4.78, 5) is 0. The van der Waals surface area contributed by atoms with Gasteiger partial charge in [-0.25, -0.2) is 0 Å². The highest BCUT2D eigenvalue weighted by Crippen LogP contribution is 2.35. The van der Waals surface area contributed by atoms with Crippen LogP contribution in [-0.2, 0) is 6.42 Å². The first-order valence-corrected chi connectivity index (χ1v) is 15.2. The van der Waals surface area contributed by atoms with Gasteiger partial charge >= 0.3 is 0 Å². The van der Waals surface area contributed by atoms with Crippen molar-refractivity contribution in [3.8, 4) is 39.1 Å². The average Bonchev–Trinajstić information content (AvgIpc) is 3.43. The Kier molecular flexibility index (Phi) is 6.62. The molecule has 1 heterocycles. The molecule has 0 saturated heterocycles. The summed E-state index contributed by atoms with van der Waals surface area (Å²) in [7, 11) is 0. The van der Waals surface area contributed by atoms with Crippen LogP contribution in [0.5, 0.6) is 0 Å². The van der Waals surface area contributed by atoms with Gasteiger partial charge in [0.25, 0.3) is 0 Å². The van der Waals surface area contributed by atoms with Crippen LogP contribution in [0.2, 0.25) is 0 Å². The lowest BCUT2D eigenvalue weighted by molar-refractivity contribution is 1.18. The Labute approximate surface area is 258 Å². The van der Waals surface area contributed by atoms with Crippen LogP contribution in [0.25, 0.3) is 60.9 Å². The maximum atomic E-state index is 2.38. The molecule has 0 aliphatic heterocycles. The molecule has 0 unspecified atom stereocenters. The minimum Gasteiger partial charge on any atom is -0.309 e. The van der Waals surface area contributed by atoms with Gasteiger partial charge in [-0.2, -0.15) is 0 Å². The topological polar surface area (TPSA) is 4.93 Å². The van der Waals surface area contributed by atoms with Crippen LogP contribution < -0.4 is 0 Å². The molecule has 1 aromatic heterocycles. The summed E-state index contributed by atoms with van der Waals surface area (Å²) in [5.41, 5.74) is 13.7. The maximum Gasteiger partial charge on any atom is 0.0547 e. The molecular formula is C43H31N. The molecule has 1 nitrogen and oxygen atoms in total. The normalized spacial score (nSPS) is 11.3. The van der Waals surface area contributed by atoms with E-state index in [-0.39, 0.29) is 0 Å². The summed E-state index contributed by atoms with van der Waals surface area (Å²) in [6.45, 7) is 0. The molecule has 7 aromatic carbocycles. The van der Waals surface area contributed by atoms with Gasteiger partial charge in [-0.3, -0.25) is 0 Å². The van der Waals surface area contributed by atoms with Gasteiger partial charge in [-0.1, -0.05) is 152 Å². The molecule has 0 aliphatic rings. The Balaban J connectivity index is 1.04. The van der Waals surface area contributed by atoms with Crippen LogP contribution in [-0.4, -0.2) is 4.57 Å². The zero-order valence-electron chi connectivity index (χ0n) is 24.4. The molecule has 208 valence electrons. The highest BCUT2D eigenvalue weighted by Gasteiger charge is 2.13. The predicted molar refractivity (Wildman–Crippen MR) is 186 cm³/mol. The van der Waals surface area contributed by atoms with Crippen molar-refractivity contribution >= 4 is 21.8 Å². The van der Waals surface area contributed by atoms with Crippen LogP contribution in [0.4, 0.5) is 0 Å². The lowest BCUT2D eigenvalue weighted by atomic mass is 9.97. The molecule has 0 fully saturated rings. The standard InChI is InChI=1S/C43H31N/c1-3-9-33(10-4-1)34-19-15-31(16-20-34)29-32-17-21-35(22-18-32)36-23-25-37(26-24-36)38-27-28-41-40-13-7-8-14-42(40)44(43(41)30-38)39-11-5-2-6-12-39/h1-28,30H,29H2. The van der Waals surface area contributed by atoms with Gasteiger partial charge in [0.1, 0.15) is 0 Å². The first-order chi connectivity index (χ1) is 21.8. The minimum absolute atomic E-state index is 0.927. The Morgan fingerprint density at radius 1 is 0.318 bits per heavy atom. The number of para-hydroxylation sites is 2. The molecule has 0 atom stereocenters. The number of hydrogen-bond acceptors (Lipinski definition) is 0. The van der Waals surface area contributed by atoms with E-state index in [1.165, 1.54) is 72.0 Å². The van der Waals surface area contributed by atoms with E-state index < -0.39 is 0 Å². The number of nitrogens with zero attached hydrogens (tertiary/aromatic N) is 1. The highest BCUT2D eigenvalue weighted by molar-refractivity contribution is 6.10. The van der Waals surface area contributed by atoms with Gasteiger partial charge in [0.15, 0.2) is 0 Å². The van der Waals surface area contributed by atoms with E-state index in [9.17, 15) is 0 Å². The average molecular weight is 562 g/mol. The van der Waals surface area contributed by atoms with Crippen molar-refractivity contribution in [2.75, 3.05) is 0 Å². The molecule has 0 N–H and O–H groups in total. The minimum atomic E-state index is 0.927. The number of aromatic nitrogens is 1. The largest absolute Gasteiger partial charge is 0.309 e. The molecular weight excluding hydrogens is 530 g/mol. The fourth-order valence-electron chi connectivity index (χ4n) is 6.36. The molecule has 8 rings (SSSR count). The van der Waals surface area contributed by atoms with Crippen molar-refractivity contribution in [3.63, 3.8) is 0 Å². The fraction of sp³-hybridized carbons (Fsp3) is 0.0233. The number of hydrogen-bond donors (Lipinski definition) is 0. The predicted octanol–water partition coefficient (Wildman–Crippen LogP) is 11.4. The van der Waals surface area contributed by atoms with E-state index in [1.54, 1.807) is 0 Å². The van der Waals surface area contributed by atoms with E-state index in [0.717, 1.165) is 6.42 Å². The summed E-state index contributed by atoms with van der Waals surface area (Å²) >= 11 is 0. The summed E-state index contributed by atoms with van der Waals surface area (Å²) in [6.07, 6.45) is 0.927. The molecule has 0 aliphatic carbocycles. The first-order valence-electron chi connectivity index (χ1n) is 15.2. The van der Waals surface area contributed by atoms with Crippen LogP contribution in [0.1, 0.15) is 11.1 Å². The quantitative estimate of drug-likeness (QED) is 0.190. The van der Waals surface area contributed by atoms with Crippen molar-refractivity contribution in [1.82, 2.24) is 4.57 Å². The number of fused-ring (bicyclic) bond motifs is 3. The van der Waals surface area contributed by atoms with E-state index in [4.69, 9.17) is 0 Å². The molecule has 1 heteroatoms. The monoisotopic (exact) mass is 561 g/mol. The number of benzene rings is 7. The van der Waals surface area contributed by atoms with Crippen molar-refractivity contribution in [2.45, 2.75) is 6.42 Å². The van der Waals surface area contributed by atoms with E-state index in [1.807, 2.05) is 0 Å². The third kappa shape index (κ3) is 4.89. The molecule has 0 spiro atoms. The lowest BCUT2D eigenvalue weighted by Gasteiger charge is -2.10. The van der Waals surface area contributed by atoms with Gasteiger partial charge in [0, 0.05) is 16.5 Å². The summed E-state index contributed by atoms with van der Waals surface area (Å²) in [5, 5.41) is 2.55. The van der Waals surface area contributed by atoms with E-state index in [2.05, 4.69) is 180 Å². The zero-order valence-corrected chi connectivity index (χ0v) is 24.4. The first kappa shape index (κ1) is 26.0. The molecule has 0 bridgehead atoms. The smallest absolute Gasteiger partial charge is 0.0547 e. The van der Waals surface area contributed by atoms with Crippen LogP contribution in [0.15, 0.2) is 176 Å². The second-order valence-electron chi connectivity index (χ2n) is 11.4. The van der Waals surface area contributed by atoms with E-state index in [0.29, 0.717) is 0 Å². The van der Waals surface area contributed by atoms with Crippen molar-refractivity contribution in [2.24, 2.45) is 0 Å². The third-order valence-corrected chi connectivity index (χ3v) is 8.66. The van der Waals surface area contributed by atoms with Gasteiger partial charge in [0.2, 0.25) is 0 Å². The van der Waals surface area contributed by atoms with Crippen molar-refractivity contribution in [3.05, 3.63) is 187 Å². The van der Waals surface area contributed by atoms with Gasteiger partial charge in [-0.05, 0) is 75.2 Å². The molecule has 0 saturated carbocycles. The molecule has 0 radical (unpaired) electrons. The SMILES string of the molecule is c1ccc(-c2ccc(Cc3ccc(-c4ccc(-c5ccc6c7ccccc7n(-c7ccccc7)c6c5)cc4)cc3)cc2)cc1. The van der Waals surface area contributed by atoms with Crippen molar-refractivity contribution in [1.29, 1.82) is 0 Å². The van der Waals surface area contributed by atoms with Crippen molar-refractivity contribution < 1.29 is 0 Å². The second kappa shape index (κ2) is 11.2. The second-order valence-corrected chi connectivity index (χ2v) is 11.4. The van der Waals surface area contributed by atoms with Gasteiger partial charge in [0.05, 0.1) is 11.0 Å². The Morgan fingerprint density at radius 2 is 0.750 bits per heavy atom.